The zero-order chi connectivity index (χ0) is 12.8. The minimum atomic E-state index is 0.737. The number of unbranched alkanes of at least 4 members (excludes halogenated alkanes) is 1. The predicted molar refractivity (Wildman–Crippen MR) is 77.0 cm³/mol. The van der Waals surface area contributed by atoms with Crippen LogP contribution in [-0.2, 0) is 13.0 Å². The Morgan fingerprint density at radius 3 is 2.61 bits per heavy atom. The van der Waals surface area contributed by atoms with Gasteiger partial charge in [-0.3, -0.25) is 0 Å². The van der Waals surface area contributed by atoms with Crippen LogP contribution in [0.5, 0.6) is 0 Å². The summed E-state index contributed by atoms with van der Waals surface area (Å²) in [6.45, 7) is 5.71. The molecule has 1 heterocycles. The normalized spacial score (nSPS) is 17.2. The molecule has 1 aliphatic rings. The SMILES string of the molecule is CCCCn1c(CCC)cnc1C1CCCCC1. The van der Waals surface area contributed by atoms with Crippen molar-refractivity contribution in [2.45, 2.75) is 84.1 Å². The van der Waals surface area contributed by atoms with E-state index in [0.29, 0.717) is 0 Å². The Hall–Kier alpha value is -0.790. The molecule has 0 aromatic carbocycles. The Balaban J connectivity index is 2.16. The average molecular weight is 248 g/mol. The van der Waals surface area contributed by atoms with Crippen LogP contribution >= 0.6 is 0 Å². The van der Waals surface area contributed by atoms with E-state index in [4.69, 9.17) is 4.98 Å². The van der Waals surface area contributed by atoms with E-state index in [-0.39, 0.29) is 0 Å². The minimum Gasteiger partial charge on any atom is -0.332 e. The summed E-state index contributed by atoms with van der Waals surface area (Å²) >= 11 is 0. The average Bonchev–Trinajstić information content (AvgIpc) is 2.81. The van der Waals surface area contributed by atoms with Gasteiger partial charge in [-0.2, -0.15) is 0 Å². The number of hydrogen-bond donors (Lipinski definition) is 0. The molecule has 0 spiro atoms. The van der Waals surface area contributed by atoms with Crippen LogP contribution in [0.2, 0.25) is 0 Å². The van der Waals surface area contributed by atoms with Gasteiger partial charge in [0, 0.05) is 24.4 Å². The number of hydrogen-bond acceptors (Lipinski definition) is 1. The Bertz CT molecular complexity index is 348. The number of aryl methyl sites for hydroxylation is 1. The van der Waals surface area contributed by atoms with Crippen molar-refractivity contribution in [1.82, 2.24) is 9.55 Å². The van der Waals surface area contributed by atoms with Gasteiger partial charge in [-0.1, -0.05) is 46.0 Å². The van der Waals surface area contributed by atoms with E-state index in [0.717, 1.165) is 5.92 Å². The molecule has 0 bridgehead atoms. The number of imidazole rings is 1. The van der Waals surface area contributed by atoms with Gasteiger partial charge in [0.05, 0.1) is 0 Å². The topological polar surface area (TPSA) is 17.8 Å². The summed E-state index contributed by atoms with van der Waals surface area (Å²) in [6, 6.07) is 0. The van der Waals surface area contributed by atoms with Crippen molar-refractivity contribution in [3.05, 3.63) is 17.7 Å². The second-order valence-electron chi connectivity index (χ2n) is 5.70. The molecular weight excluding hydrogens is 220 g/mol. The Kier molecular flexibility index (Phi) is 5.27. The highest BCUT2D eigenvalue weighted by Crippen LogP contribution is 2.32. The lowest BCUT2D eigenvalue weighted by Crippen LogP contribution is -2.14. The molecule has 1 saturated carbocycles. The number of aromatic nitrogens is 2. The van der Waals surface area contributed by atoms with Crippen molar-refractivity contribution in [3.8, 4) is 0 Å². The molecule has 0 unspecified atom stereocenters. The zero-order valence-corrected chi connectivity index (χ0v) is 12.1. The van der Waals surface area contributed by atoms with E-state index in [9.17, 15) is 0 Å². The second kappa shape index (κ2) is 6.96. The van der Waals surface area contributed by atoms with E-state index in [1.54, 1.807) is 0 Å². The van der Waals surface area contributed by atoms with Crippen molar-refractivity contribution in [2.24, 2.45) is 0 Å². The molecule has 1 aromatic rings. The standard InChI is InChI=1S/C16H28N2/c1-3-5-12-18-15(9-4-2)13-17-16(18)14-10-7-6-8-11-14/h13-14H,3-12H2,1-2H3. The van der Waals surface area contributed by atoms with Crippen molar-refractivity contribution in [3.63, 3.8) is 0 Å². The first-order valence-electron chi connectivity index (χ1n) is 7.91. The molecule has 1 aliphatic carbocycles. The fourth-order valence-corrected chi connectivity index (χ4v) is 3.14. The summed E-state index contributed by atoms with van der Waals surface area (Å²) in [7, 11) is 0. The summed E-state index contributed by atoms with van der Waals surface area (Å²) in [4.78, 5) is 4.77. The van der Waals surface area contributed by atoms with E-state index in [1.807, 2.05) is 0 Å². The van der Waals surface area contributed by atoms with Gasteiger partial charge < -0.3 is 4.57 Å². The third-order valence-electron chi connectivity index (χ3n) is 4.18. The van der Waals surface area contributed by atoms with Gasteiger partial charge in [0.15, 0.2) is 0 Å². The van der Waals surface area contributed by atoms with Crippen LogP contribution in [0.25, 0.3) is 0 Å². The number of nitrogens with zero attached hydrogens (tertiary/aromatic N) is 2. The molecule has 2 nitrogen and oxygen atoms in total. The lowest BCUT2D eigenvalue weighted by Gasteiger charge is -2.23. The number of rotatable bonds is 6. The molecule has 2 heteroatoms. The molecule has 1 aromatic heterocycles. The minimum absolute atomic E-state index is 0.737. The highest BCUT2D eigenvalue weighted by atomic mass is 15.1. The van der Waals surface area contributed by atoms with Crippen LogP contribution in [0.15, 0.2) is 6.20 Å². The van der Waals surface area contributed by atoms with Crippen molar-refractivity contribution >= 4 is 0 Å². The molecule has 0 radical (unpaired) electrons. The largest absolute Gasteiger partial charge is 0.332 e. The molecular formula is C16H28N2. The summed E-state index contributed by atoms with van der Waals surface area (Å²) in [6.07, 6.45) is 14.0. The van der Waals surface area contributed by atoms with Gasteiger partial charge in [-0.15, -0.1) is 0 Å². The van der Waals surface area contributed by atoms with Crippen LogP contribution in [0.1, 0.15) is 82.7 Å². The second-order valence-corrected chi connectivity index (χ2v) is 5.70. The lowest BCUT2D eigenvalue weighted by molar-refractivity contribution is 0.410. The summed E-state index contributed by atoms with van der Waals surface area (Å²) < 4.78 is 2.54. The van der Waals surface area contributed by atoms with Gasteiger partial charge in [0.1, 0.15) is 5.82 Å². The highest BCUT2D eigenvalue weighted by molar-refractivity contribution is 5.10. The van der Waals surface area contributed by atoms with Crippen LogP contribution in [0.3, 0.4) is 0 Å². The van der Waals surface area contributed by atoms with Crippen LogP contribution in [0.4, 0.5) is 0 Å². The smallest absolute Gasteiger partial charge is 0.111 e. The van der Waals surface area contributed by atoms with Gasteiger partial charge in [0.2, 0.25) is 0 Å². The van der Waals surface area contributed by atoms with Crippen molar-refractivity contribution in [2.75, 3.05) is 0 Å². The maximum absolute atomic E-state index is 4.77. The lowest BCUT2D eigenvalue weighted by atomic mass is 9.88. The maximum Gasteiger partial charge on any atom is 0.111 e. The maximum atomic E-state index is 4.77. The van der Waals surface area contributed by atoms with E-state index in [1.165, 1.54) is 75.9 Å². The van der Waals surface area contributed by atoms with Crippen LogP contribution in [0, 0.1) is 0 Å². The quantitative estimate of drug-likeness (QED) is 0.714. The summed E-state index contributed by atoms with van der Waals surface area (Å²) in [5, 5.41) is 0. The van der Waals surface area contributed by atoms with Gasteiger partial charge in [-0.25, -0.2) is 4.98 Å². The first-order chi connectivity index (χ1) is 8.86. The van der Waals surface area contributed by atoms with E-state index in [2.05, 4.69) is 24.6 Å². The van der Waals surface area contributed by atoms with Crippen molar-refractivity contribution < 1.29 is 0 Å². The Morgan fingerprint density at radius 1 is 1.17 bits per heavy atom. The molecule has 0 atom stereocenters. The zero-order valence-electron chi connectivity index (χ0n) is 12.1. The fourth-order valence-electron chi connectivity index (χ4n) is 3.14. The molecule has 0 amide bonds. The predicted octanol–water partition coefficient (Wildman–Crippen LogP) is 4.68. The van der Waals surface area contributed by atoms with Crippen molar-refractivity contribution in [1.29, 1.82) is 0 Å². The van der Waals surface area contributed by atoms with E-state index >= 15 is 0 Å². The first-order valence-corrected chi connectivity index (χ1v) is 7.91. The highest BCUT2D eigenvalue weighted by Gasteiger charge is 2.21. The first kappa shape index (κ1) is 13.6. The van der Waals surface area contributed by atoms with Gasteiger partial charge in [-0.05, 0) is 25.7 Å². The van der Waals surface area contributed by atoms with Gasteiger partial charge in [0.25, 0.3) is 0 Å². The summed E-state index contributed by atoms with van der Waals surface area (Å²) in [5.74, 6) is 2.13. The Morgan fingerprint density at radius 2 is 1.94 bits per heavy atom. The molecule has 18 heavy (non-hydrogen) atoms. The monoisotopic (exact) mass is 248 g/mol. The summed E-state index contributed by atoms with van der Waals surface area (Å²) in [5.41, 5.74) is 1.46. The molecule has 0 aliphatic heterocycles. The third kappa shape index (κ3) is 3.15. The third-order valence-corrected chi connectivity index (χ3v) is 4.18. The molecule has 0 N–H and O–H groups in total. The van der Waals surface area contributed by atoms with E-state index < -0.39 is 0 Å². The van der Waals surface area contributed by atoms with Crippen LogP contribution < -0.4 is 0 Å². The van der Waals surface area contributed by atoms with Crippen LogP contribution in [-0.4, -0.2) is 9.55 Å². The molecule has 2 rings (SSSR count). The molecule has 0 saturated heterocycles. The fraction of sp³-hybridized carbons (Fsp3) is 0.812. The Labute approximate surface area is 112 Å². The molecule has 102 valence electrons. The molecule has 1 fully saturated rings. The van der Waals surface area contributed by atoms with Gasteiger partial charge >= 0.3 is 0 Å².